The van der Waals surface area contributed by atoms with Crippen LogP contribution in [0.5, 0.6) is 11.5 Å². The summed E-state index contributed by atoms with van der Waals surface area (Å²) in [4.78, 5) is 16.9. The number of halogens is 2. The molecule has 0 aromatic heterocycles. The fourth-order valence-corrected chi connectivity index (χ4v) is 4.01. The minimum Gasteiger partial charge on any atom is -0.490 e. The predicted molar refractivity (Wildman–Crippen MR) is 133 cm³/mol. The summed E-state index contributed by atoms with van der Waals surface area (Å²) in [5.74, 6) is 0.941. The monoisotopic (exact) mass is 525 g/mol. The Kier molecular flexibility index (Phi) is 7.16. The van der Waals surface area contributed by atoms with E-state index in [1.165, 1.54) is 0 Å². The fraction of sp³-hybridized carbons (Fsp3) is 0.154. The number of ether oxygens (including phenoxy) is 3. The molecule has 1 aliphatic heterocycles. The molecule has 0 fully saturated rings. The van der Waals surface area contributed by atoms with Gasteiger partial charge in [0, 0.05) is 10.6 Å². The molecule has 0 unspecified atom stereocenters. The van der Waals surface area contributed by atoms with Gasteiger partial charge in [-0.3, -0.25) is 0 Å². The Bertz CT molecular complexity index is 1250. The Balaban J connectivity index is 1.61. The highest BCUT2D eigenvalue weighted by Crippen LogP contribution is 2.38. The van der Waals surface area contributed by atoms with Crippen LogP contribution in [-0.4, -0.2) is 18.5 Å². The van der Waals surface area contributed by atoms with Crippen molar-refractivity contribution in [2.75, 3.05) is 6.61 Å². The molecule has 4 rings (SSSR count). The molecule has 0 N–H and O–H groups in total. The van der Waals surface area contributed by atoms with Crippen molar-refractivity contribution >= 4 is 45.5 Å². The molecule has 0 amide bonds. The van der Waals surface area contributed by atoms with Gasteiger partial charge in [-0.25, -0.2) is 9.79 Å². The summed E-state index contributed by atoms with van der Waals surface area (Å²) in [6.07, 6.45) is 1.67. The third-order valence-corrected chi connectivity index (χ3v) is 5.77. The van der Waals surface area contributed by atoms with Crippen LogP contribution in [0.25, 0.3) is 6.08 Å². The highest BCUT2D eigenvalue weighted by Gasteiger charge is 2.25. The molecule has 1 aliphatic rings. The third-order valence-electron chi connectivity index (χ3n) is 4.93. The van der Waals surface area contributed by atoms with Crippen molar-refractivity contribution < 1.29 is 19.0 Å². The van der Waals surface area contributed by atoms with E-state index in [1.807, 2.05) is 74.5 Å². The first-order valence-corrected chi connectivity index (χ1v) is 11.5. The molecule has 0 bridgehead atoms. The number of aryl methyl sites for hydroxylation is 1. The number of esters is 1. The van der Waals surface area contributed by atoms with Gasteiger partial charge in [0.15, 0.2) is 17.2 Å². The largest absolute Gasteiger partial charge is 0.490 e. The van der Waals surface area contributed by atoms with Crippen LogP contribution >= 0.6 is 27.5 Å². The van der Waals surface area contributed by atoms with Crippen LogP contribution in [0, 0.1) is 6.92 Å². The number of cyclic esters (lactones) is 1. The Morgan fingerprint density at radius 3 is 2.58 bits per heavy atom. The molecule has 0 radical (unpaired) electrons. The molecule has 0 saturated carbocycles. The standard InChI is InChI=1S/C26H21BrClNO4/c1-3-31-23-14-18(12-21(27)24(23)32-15-17-8-10-19(28)11-9-17)13-22-26(30)33-25(29-22)20-7-5-4-6-16(20)2/h4-14H,3,15H2,1-2H3/b22-13-. The van der Waals surface area contributed by atoms with Crippen molar-refractivity contribution in [1.82, 2.24) is 0 Å². The Morgan fingerprint density at radius 1 is 1.09 bits per heavy atom. The van der Waals surface area contributed by atoms with Crippen molar-refractivity contribution in [2.45, 2.75) is 20.5 Å². The van der Waals surface area contributed by atoms with Crippen LogP contribution in [0.1, 0.15) is 29.2 Å². The smallest absolute Gasteiger partial charge is 0.363 e. The molecule has 168 valence electrons. The third kappa shape index (κ3) is 5.46. The summed E-state index contributed by atoms with van der Waals surface area (Å²) >= 11 is 9.52. The van der Waals surface area contributed by atoms with E-state index in [4.69, 9.17) is 25.8 Å². The van der Waals surface area contributed by atoms with E-state index in [-0.39, 0.29) is 5.70 Å². The minimum atomic E-state index is -0.495. The van der Waals surface area contributed by atoms with E-state index < -0.39 is 5.97 Å². The van der Waals surface area contributed by atoms with Crippen molar-refractivity contribution in [3.8, 4) is 11.5 Å². The average Bonchev–Trinajstić information content (AvgIpc) is 3.15. The van der Waals surface area contributed by atoms with Crippen molar-refractivity contribution in [3.63, 3.8) is 0 Å². The number of carbonyl (C=O) groups is 1. The maximum Gasteiger partial charge on any atom is 0.363 e. The lowest BCUT2D eigenvalue weighted by Crippen LogP contribution is -2.06. The molecule has 7 heteroatoms. The van der Waals surface area contributed by atoms with Crippen LogP contribution in [0.2, 0.25) is 5.02 Å². The number of hydrogen-bond donors (Lipinski definition) is 0. The number of rotatable bonds is 7. The molecular formula is C26H21BrClNO4. The molecule has 0 aliphatic carbocycles. The summed E-state index contributed by atoms with van der Waals surface area (Å²) < 4.78 is 17.9. The second kappa shape index (κ2) is 10.2. The van der Waals surface area contributed by atoms with Crippen LogP contribution in [0.15, 0.2) is 75.8 Å². The predicted octanol–water partition coefficient (Wildman–Crippen LogP) is 6.73. The Labute approximate surface area is 205 Å². The van der Waals surface area contributed by atoms with Gasteiger partial charge in [0.2, 0.25) is 5.90 Å². The van der Waals surface area contributed by atoms with E-state index in [0.717, 1.165) is 22.3 Å². The molecule has 0 atom stereocenters. The van der Waals surface area contributed by atoms with Gasteiger partial charge in [0.05, 0.1) is 11.1 Å². The summed E-state index contributed by atoms with van der Waals surface area (Å²) in [6, 6.07) is 18.7. The van der Waals surface area contributed by atoms with E-state index >= 15 is 0 Å². The normalized spacial score (nSPS) is 14.2. The number of carbonyl (C=O) groups excluding carboxylic acids is 1. The highest BCUT2D eigenvalue weighted by atomic mass is 79.9. The van der Waals surface area contributed by atoms with E-state index in [0.29, 0.717) is 40.1 Å². The lowest BCUT2D eigenvalue weighted by molar-refractivity contribution is -0.129. The molecule has 5 nitrogen and oxygen atoms in total. The Morgan fingerprint density at radius 2 is 1.85 bits per heavy atom. The summed E-state index contributed by atoms with van der Waals surface area (Å²) in [5, 5.41) is 0.672. The van der Waals surface area contributed by atoms with Crippen LogP contribution in [0.3, 0.4) is 0 Å². The van der Waals surface area contributed by atoms with E-state index in [2.05, 4.69) is 20.9 Å². The summed E-state index contributed by atoms with van der Waals surface area (Å²) in [5.41, 5.74) is 3.69. The first-order valence-electron chi connectivity index (χ1n) is 10.4. The first kappa shape index (κ1) is 23.1. The van der Waals surface area contributed by atoms with Gasteiger partial charge >= 0.3 is 5.97 Å². The van der Waals surface area contributed by atoms with Crippen LogP contribution in [-0.2, 0) is 16.1 Å². The van der Waals surface area contributed by atoms with Crippen molar-refractivity contribution in [1.29, 1.82) is 0 Å². The molecule has 0 spiro atoms. The first-order chi connectivity index (χ1) is 15.9. The average molecular weight is 527 g/mol. The summed E-state index contributed by atoms with van der Waals surface area (Å²) in [7, 11) is 0. The SMILES string of the molecule is CCOc1cc(/C=C2\N=C(c3ccccc3C)OC2=O)cc(Br)c1OCc1ccc(Cl)cc1. The molecule has 1 heterocycles. The zero-order valence-electron chi connectivity index (χ0n) is 18.1. The Hall–Kier alpha value is -3.09. The van der Waals surface area contributed by atoms with Crippen molar-refractivity contribution in [3.05, 3.63) is 98.1 Å². The molecule has 3 aromatic carbocycles. The van der Waals surface area contributed by atoms with Crippen LogP contribution in [0.4, 0.5) is 0 Å². The molecule has 0 saturated heterocycles. The zero-order valence-corrected chi connectivity index (χ0v) is 20.4. The van der Waals surface area contributed by atoms with Gasteiger partial charge < -0.3 is 14.2 Å². The molecular weight excluding hydrogens is 506 g/mol. The second-order valence-electron chi connectivity index (χ2n) is 7.33. The van der Waals surface area contributed by atoms with Gasteiger partial charge in [-0.15, -0.1) is 0 Å². The minimum absolute atomic E-state index is 0.220. The number of benzene rings is 3. The fourth-order valence-electron chi connectivity index (χ4n) is 3.31. The number of hydrogen-bond acceptors (Lipinski definition) is 5. The molecule has 33 heavy (non-hydrogen) atoms. The van der Waals surface area contributed by atoms with Crippen LogP contribution < -0.4 is 9.47 Å². The highest BCUT2D eigenvalue weighted by molar-refractivity contribution is 9.10. The zero-order chi connectivity index (χ0) is 23.4. The van der Waals surface area contributed by atoms with E-state index in [1.54, 1.807) is 6.08 Å². The van der Waals surface area contributed by atoms with Gasteiger partial charge in [-0.1, -0.05) is 41.9 Å². The van der Waals surface area contributed by atoms with Gasteiger partial charge in [-0.05, 0) is 82.9 Å². The second-order valence-corrected chi connectivity index (χ2v) is 8.62. The maximum absolute atomic E-state index is 12.4. The van der Waals surface area contributed by atoms with Gasteiger partial charge in [0.1, 0.15) is 6.61 Å². The quantitative estimate of drug-likeness (QED) is 0.253. The van der Waals surface area contributed by atoms with Gasteiger partial charge in [0.25, 0.3) is 0 Å². The lowest BCUT2D eigenvalue weighted by Gasteiger charge is -2.15. The van der Waals surface area contributed by atoms with Crippen molar-refractivity contribution in [2.24, 2.45) is 4.99 Å². The molecule has 3 aromatic rings. The number of aliphatic imine (C=N–C) groups is 1. The topological polar surface area (TPSA) is 57.1 Å². The number of nitrogens with zero attached hydrogens (tertiary/aromatic N) is 1. The van der Waals surface area contributed by atoms with Gasteiger partial charge in [-0.2, -0.15) is 0 Å². The summed E-state index contributed by atoms with van der Waals surface area (Å²) in [6.45, 7) is 4.66. The lowest BCUT2D eigenvalue weighted by atomic mass is 10.1. The van der Waals surface area contributed by atoms with E-state index in [9.17, 15) is 4.79 Å². The maximum atomic E-state index is 12.4.